The van der Waals surface area contributed by atoms with E-state index in [9.17, 15) is 14.0 Å². The van der Waals surface area contributed by atoms with Crippen molar-refractivity contribution in [1.82, 2.24) is 15.0 Å². The van der Waals surface area contributed by atoms with Crippen LogP contribution in [0.5, 0.6) is 0 Å². The van der Waals surface area contributed by atoms with Gasteiger partial charge in [-0.05, 0) is 23.8 Å². The molecule has 2 aromatic carbocycles. The highest BCUT2D eigenvalue weighted by atomic mass is 19.1. The summed E-state index contributed by atoms with van der Waals surface area (Å²) in [5.41, 5.74) is 2.04. The monoisotopic (exact) mass is 310 g/mol. The van der Waals surface area contributed by atoms with Crippen molar-refractivity contribution in [1.29, 1.82) is 5.26 Å². The van der Waals surface area contributed by atoms with E-state index in [0.717, 1.165) is 5.56 Å². The van der Waals surface area contributed by atoms with Crippen LogP contribution in [0.4, 0.5) is 8.78 Å². The Morgan fingerprint density at radius 3 is 2.48 bits per heavy atom. The molecule has 0 spiro atoms. The second-order valence-electron chi connectivity index (χ2n) is 5.05. The van der Waals surface area contributed by atoms with Gasteiger partial charge in [-0.3, -0.25) is 0 Å². The van der Waals surface area contributed by atoms with Crippen molar-refractivity contribution in [2.75, 3.05) is 0 Å². The summed E-state index contributed by atoms with van der Waals surface area (Å²) in [7, 11) is 0. The van der Waals surface area contributed by atoms with Crippen LogP contribution in [-0.4, -0.2) is 15.0 Å². The Morgan fingerprint density at radius 1 is 1.04 bits per heavy atom. The van der Waals surface area contributed by atoms with Crippen LogP contribution in [0.25, 0.3) is 0 Å². The van der Waals surface area contributed by atoms with E-state index in [1.54, 1.807) is 30.3 Å². The van der Waals surface area contributed by atoms with Crippen LogP contribution in [0.3, 0.4) is 0 Å². The highest BCUT2D eigenvalue weighted by Gasteiger charge is 2.14. The summed E-state index contributed by atoms with van der Waals surface area (Å²) in [6.45, 7) is 0.178. The molecule has 4 nitrogen and oxygen atoms in total. The lowest BCUT2D eigenvalue weighted by atomic mass is 10.1. The molecule has 0 aliphatic carbocycles. The summed E-state index contributed by atoms with van der Waals surface area (Å²) >= 11 is 0. The quantitative estimate of drug-likeness (QED) is 0.744. The minimum atomic E-state index is -0.339. The first-order chi connectivity index (χ1) is 11.2. The van der Waals surface area contributed by atoms with Crippen LogP contribution in [0.1, 0.15) is 22.5 Å². The molecular formula is C17H12F2N4. The molecule has 0 aliphatic rings. The Hall–Kier alpha value is -3.07. The van der Waals surface area contributed by atoms with Gasteiger partial charge in [-0.1, -0.05) is 35.5 Å². The first kappa shape index (κ1) is 14.9. The topological polar surface area (TPSA) is 54.5 Å². The average Bonchev–Trinajstić information content (AvgIpc) is 2.93. The second-order valence-corrected chi connectivity index (χ2v) is 5.05. The molecule has 0 bridgehead atoms. The van der Waals surface area contributed by atoms with E-state index in [0.29, 0.717) is 17.7 Å². The van der Waals surface area contributed by atoms with Crippen LogP contribution in [-0.2, 0) is 13.0 Å². The summed E-state index contributed by atoms with van der Waals surface area (Å²) in [5, 5.41) is 16.9. The van der Waals surface area contributed by atoms with Crippen molar-refractivity contribution >= 4 is 0 Å². The maximum absolute atomic E-state index is 13.8. The summed E-state index contributed by atoms with van der Waals surface area (Å²) in [4.78, 5) is 0. The van der Waals surface area contributed by atoms with Gasteiger partial charge in [-0.15, -0.1) is 5.10 Å². The van der Waals surface area contributed by atoms with Crippen LogP contribution in [0.15, 0.2) is 48.5 Å². The smallest absolute Gasteiger partial charge is 0.186 e. The minimum Gasteiger partial charge on any atom is -0.243 e. The van der Waals surface area contributed by atoms with Crippen molar-refractivity contribution in [3.63, 3.8) is 0 Å². The molecule has 0 amide bonds. The number of halogens is 2. The van der Waals surface area contributed by atoms with Crippen molar-refractivity contribution in [2.45, 2.75) is 13.0 Å². The van der Waals surface area contributed by atoms with Crippen LogP contribution < -0.4 is 0 Å². The van der Waals surface area contributed by atoms with E-state index in [1.807, 2.05) is 6.07 Å². The fourth-order valence-electron chi connectivity index (χ4n) is 2.31. The molecular weight excluding hydrogens is 298 g/mol. The molecule has 23 heavy (non-hydrogen) atoms. The van der Waals surface area contributed by atoms with Gasteiger partial charge in [0.25, 0.3) is 0 Å². The molecule has 0 radical (unpaired) electrons. The standard InChI is InChI=1S/C17H12F2N4/c18-14-7-5-12(6-8-14)9-17-16(10-20)21-22-23(17)11-13-3-1-2-4-15(13)19/h1-8H,9,11H2. The van der Waals surface area contributed by atoms with Gasteiger partial charge in [0.2, 0.25) is 0 Å². The molecule has 6 heteroatoms. The average molecular weight is 310 g/mol. The number of nitriles is 1. The van der Waals surface area contributed by atoms with Gasteiger partial charge in [0.15, 0.2) is 5.69 Å². The maximum atomic E-state index is 13.8. The highest BCUT2D eigenvalue weighted by molar-refractivity contribution is 5.31. The zero-order valence-electron chi connectivity index (χ0n) is 12.1. The summed E-state index contributed by atoms with van der Waals surface area (Å²) in [6.07, 6.45) is 0.366. The predicted octanol–water partition coefficient (Wildman–Crippen LogP) is 3.07. The number of hydrogen-bond donors (Lipinski definition) is 0. The van der Waals surface area contributed by atoms with E-state index in [2.05, 4.69) is 10.3 Å². The molecule has 0 N–H and O–H groups in total. The first-order valence-corrected chi connectivity index (χ1v) is 6.97. The molecule has 0 fully saturated rings. The zero-order valence-corrected chi connectivity index (χ0v) is 12.1. The third kappa shape index (κ3) is 3.24. The lowest BCUT2D eigenvalue weighted by Crippen LogP contribution is -2.09. The molecule has 114 valence electrons. The van der Waals surface area contributed by atoms with Crippen LogP contribution >= 0.6 is 0 Å². The van der Waals surface area contributed by atoms with Gasteiger partial charge in [-0.2, -0.15) is 5.26 Å². The zero-order chi connectivity index (χ0) is 16.2. The van der Waals surface area contributed by atoms with Gasteiger partial charge in [-0.25, -0.2) is 13.5 Å². The second kappa shape index (κ2) is 6.36. The summed E-state index contributed by atoms with van der Waals surface area (Å²) in [6, 6.07) is 14.3. The molecule has 0 saturated carbocycles. The van der Waals surface area contributed by atoms with Crippen LogP contribution in [0, 0.1) is 23.0 Å². The first-order valence-electron chi connectivity index (χ1n) is 6.97. The lowest BCUT2D eigenvalue weighted by Gasteiger charge is -2.08. The van der Waals surface area contributed by atoms with E-state index < -0.39 is 0 Å². The van der Waals surface area contributed by atoms with Crippen molar-refractivity contribution in [3.05, 3.63) is 82.7 Å². The summed E-state index contributed by atoms with van der Waals surface area (Å²) in [5.74, 6) is -0.665. The Kier molecular flexibility index (Phi) is 4.11. The minimum absolute atomic E-state index is 0.178. The van der Waals surface area contributed by atoms with E-state index >= 15 is 0 Å². The van der Waals surface area contributed by atoms with Crippen molar-refractivity contribution < 1.29 is 8.78 Å². The molecule has 3 aromatic rings. The molecule has 0 atom stereocenters. The van der Waals surface area contributed by atoms with Gasteiger partial charge < -0.3 is 0 Å². The van der Waals surface area contributed by atoms with E-state index in [4.69, 9.17) is 0 Å². The predicted molar refractivity (Wildman–Crippen MR) is 79.4 cm³/mol. The third-order valence-corrected chi connectivity index (χ3v) is 3.51. The number of benzene rings is 2. The van der Waals surface area contributed by atoms with Crippen molar-refractivity contribution in [3.8, 4) is 6.07 Å². The Labute approximate surface area is 131 Å². The molecule has 0 unspecified atom stereocenters. The van der Waals surface area contributed by atoms with Crippen molar-refractivity contribution in [2.24, 2.45) is 0 Å². The Morgan fingerprint density at radius 2 is 1.78 bits per heavy atom. The Bertz CT molecular complexity index is 863. The van der Waals surface area contributed by atoms with Gasteiger partial charge in [0, 0.05) is 12.0 Å². The fourth-order valence-corrected chi connectivity index (χ4v) is 2.31. The molecule has 1 heterocycles. The molecule has 0 saturated heterocycles. The van der Waals surface area contributed by atoms with Crippen LogP contribution in [0.2, 0.25) is 0 Å². The SMILES string of the molecule is N#Cc1nnn(Cc2ccccc2F)c1Cc1ccc(F)cc1. The number of aromatic nitrogens is 3. The highest BCUT2D eigenvalue weighted by Crippen LogP contribution is 2.15. The molecule has 3 rings (SSSR count). The van der Waals surface area contributed by atoms with Gasteiger partial charge >= 0.3 is 0 Å². The Balaban J connectivity index is 1.93. The largest absolute Gasteiger partial charge is 0.243 e. The normalized spacial score (nSPS) is 10.5. The third-order valence-electron chi connectivity index (χ3n) is 3.51. The van der Waals surface area contributed by atoms with Gasteiger partial charge in [0.05, 0.1) is 12.2 Å². The number of hydrogen-bond acceptors (Lipinski definition) is 3. The number of nitrogens with zero attached hydrogens (tertiary/aromatic N) is 4. The van der Waals surface area contributed by atoms with Gasteiger partial charge in [0.1, 0.15) is 17.7 Å². The summed E-state index contributed by atoms with van der Waals surface area (Å²) < 4.78 is 28.3. The number of rotatable bonds is 4. The fraction of sp³-hybridized carbons (Fsp3) is 0.118. The molecule has 0 aliphatic heterocycles. The maximum Gasteiger partial charge on any atom is 0.186 e. The van der Waals surface area contributed by atoms with E-state index in [1.165, 1.54) is 22.9 Å². The van der Waals surface area contributed by atoms with E-state index in [-0.39, 0.29) is 23.9 Å². The lowest BCUT2D eigenvalue weighted by molar-refractivity contribution is 0.568. The molecule has 1 aromatic heterocycles.